The van der Waals surface area contributed by atoms with E-state index in [1.165, 1.54) is 4.88 Å². The molecule has 0 unspecified atom stereocenters. The van der Waals surface area contributed by atoms with Crippen molar-refractivity contribution in [2.75, 3.05) is 10.7 Å². The number of thiophene rings is 1. The molecule has 8 heteroatoms. The van der Waals surface area contributed by atoms with E-state index in [0.29, 0.717) is 5.95 Å². The first-order valence-electron chi connectivity index (χ1n) is 6.09. The van der Waals surface area contributed by atoms with Crippen molar-refractivity contribution in [2.45, 2.75) is 13.8 Å². The lowest BCUT2D eigenvalue weighted by Gasteiger charge is -2.07. The van der Waals surface area contributed by atoms with E-state index in [-0.39, 0.29) is 0 Å². The maximum atomic E-state index is 5.43. The molecule has 0 fully saturated rings. The van der Waals surface area contributed by atoms with Crippen LogP contribution in [-0.4, -0.2) is 19.7 Å². The quantitative estimate of drug-likeness (QED) is 0.505. The lowest BCUT2D eigenvalue weighted by atomic mass is 10.3. The summed E-state index contributed by atoms with van der Waals surface area (Å²) in [6, 6.07) is 2.06. The lowest BCUT2D eigenvalue weighted by Crippen LogP contribution is -2.11. The molecule has 0 aliphatic rings. The zero-order chi connectivity index (χ0) is 14.3. The van der Waals surface area contributed by atoms with Crippen molar-refractivity contribution < 1.29 is 0 Å². The number of aromatic nitrogens is 4. The molecule has 3 aromatic rings. The van der Waals surface area contributed by atoms with Crippen molar-refractivity contribution >= 4 is 39.0 Å². The summed E-state index contributed by atoms with van der Waals surface area (Å²) in [5.41, 5.74) is 4.32. The van der Waals surface area contributed by atoms with Gasteiger partial charge in [-0.15, -0.1) is 11.3 Å². The number of nitrogens with one attached hydrogen (secondary N) is 2. The fraction of sp³-hybridized carbons (Fsp3) is 0.250. The number of fused-ring (bicyclic) bond motifs is 1. The van der Waals surface area contributed by atoms with E-state index >= 15 is 0 Å². The Morgan fingerprint density at radius 1 is 1.30 bits per heavy atom. The predicted molar refractivity (Wildman–Crippen MR) is 81.2 cm³/mol. The number of rotatable bonds is 3. The second-order valence-corrected chi connectivity index (χ2v) is 5.78. The third-order valence-electron chi connectivity index (χ3n) is 2.91. The Labute approximate surface area is 119 Å². The summed E-state index contributed by atoms with van der Waals surface area (Å²) in [5.74, 6) is 6.55. The summed E-state index contributed by atoms with van der Waals surface area (Å²) < 4.78 is 1.76. The highest BCUT2D eigenvalue weighted by atomic mass is 32.1. The van der Waals surface area contributed by atoms with Crippen molar-refractivity contribution in [1.82, 2.24) is 19.7 Å². The van der Waals surface area contributed by atoms with Gasteiger partial charge in [-0.05, 0) is 19.9 Å². The Bertz CT molecular complexity index is 774. The molecule has 0 amide bonds. The highest BCUT2D eigenvalue weighted by Gasteiger charge is 2.12. The molecule has 0 bridgehead atoms. The zero-order valence-electron chi connectivity index (χ0n) is 11.4. The minimum atomic E-state index is 0.392. The van der Waals surface area contributed by atoms with Crippen LogP contribution in [0.2, 0.25) is 0 Å². The van der Waals surface area contributed by atoms with Gasteiger partial charge in [0.1, 0.15) is 10.6 Å². The number of nitrogens with zero attached hydrogens (tertiary/aromatic N) is 4. The van der Waals surface area contributed by atoms with Crippen LogP contribution in [-0.2, 0) is 7.05 Å². The van der Waals surface area contributed by atoms with Crippen LogP contribution in [0.5, 0.6) is 0 Å². The van der Waals surface area contributed by atoms with E-state index in [1.807, 2.05) is 27.1 Å². The number of hydrogen-bond donors (Lipinski definition) is 3. The molecule has 3 heterocycles. The molecule has 0 spiro atoms. The van der Waals surface area contributed by atoms with Crippen LogP contribution in [0.25, 0.3) is 10.2 Å². The minimum absolute atomic E-state index is 0.392. The zero-order valence-corrected chi connectivity index (χ0v) is 12.2. The Balaban J connectivity index is 2.11. The Morgan fingerprint density at radius 3 is 2.75 bits per heavy atom. The van der Waals surface area contributed by atoms with Crippen LogP contribution >= 0.6 is 11.3 Å². The third-order valence-corrected chi connectivity index (χ3v) is 3.86. The first kappa shape index (κ1) is 12.8. The van der Waals surface area contributed by atoms with E-state index in [0.717, 1.165) is 27.4 Å². The number of aryl methyl sites for hydroxylation is 3. The molecular formula is C12H15N7S. The molecule has 0 atom stereocenters. The average Bonchev–Trinajstić information content (AvgIpc) is 2.91. The van der Waals surface area contributed by atoms with Gasteiger partial charge in [-0.1, -0.05) is 0 Å². The third kappa shape index (κ3) is 2.19. The fourth-order valence-corrected chi connectivity index (χ4v) is 2.93. The molecule has 0 aromatic carbocycles. The normalized spacial score (nSPS) is 11.0. The van der Waals surface area contributed by atoms with Crippen molar-refractivity contribution in [3.05, 3.63) is 22.8 Å². The summed E-state index contributed by atoms with van der Waals surface area (Å²) in [6.45, 7) is 3.99. The molecule has 20 heavy (non-hydrogen) atoms. The summed E-state index contributed by atoms with van der Waals surface area (Å²) in [4.78, 5) is 10.8. The molecule has 0 saturated carbocycles. The van der Waals surface area contributed by atoms with Gasteiger partial charge in [0.2, 0.25) is 5.95 Å². The van der Waals surface area contributed by atoms with Gasteiger partial charge < -0.3 is 5.32 Å². The molecule has 0 saturated heterocycles. The molecule has 7 nitrogen and oxygen atoms in total. The monoisotopic (exact) mass is 289 g/mol. The van der Waals surface area contributed by atoms with Crippen LogP contribution in [0.1, 0.15) is 10.6 Å². The van der Waals surface area contributed by atoms with Crippen molar-refractivity contribution in [3.63, 3.8) is 0 Å². The highest BCUT2D eigenvalue weighted by Crippen LogP contribution is 2.31. The second kappa shape index (κ2) is 4.73. The first-order valence-corrected chi connectivity index (χ1v) is 6.90. The number of anilines is 3. The average molecular weight is 289 g/mol. The Kier molecular flexibility index (Phi) is 3.03. The van der Waals surface area contributed by atoms with Gasteiger partial charge in [0.25, 0.3) is 0 Å². The van der Waals surface area contributed by atoms with Crippen molar-refractivity contribution in [3.8, 4) is 0 Å². The topological polar surface area (TPSA) is 93.7 Å². The van der Waals surface area contributed by atoms with Gasteiger partial charge in [0, 0.05) is 18.1 Å². The maximum Gasteiger partial charge on any atom is 0.240 e. The van der Waals surface area contributed by atoms with Crippen molar-refractivity contribution in [2.24, 2.45) is 12.9 Å². The molecule has 4 N–H and O–H groups in total. The SMILES string of the molecule is Cc1cc2c(Nc3cn(C)nc3C)nc(NN)nc2s1. The largest absolute Gasteiger partial charge is 0.337 e. The van der Waals surface area contributed by atoms with E-state index in [9.17, 15) is 0 Å². The molecule has 0 radical (unpaired) electrons. The number of hydrazine groups is 1. The van der Waals surface area contributed by atoms with E-state index in [4.69, 9.17) is 5.84 Å². The minimum Gasteiger partial charge on any atom is -0.337 e. The lowest BCUT2D eigenvalue weighted by molar-refractivity contribution is 0.756. The first-order chi connectivity index (χ1) is 9.56. The van der Waals surface area contributed by atoms with Crippen LogP contribution in [0.15, 0.2) is 12.3 Å². The van der Waals surface area contributed by atoms with Crippen molar-refractivity contribution in [1.29, 1.82) is 0 Å². The highest BCUT2D eigenvalue weighted by molar-refractivity contribution is 7.18. The number of hydrogen-bond acceptors (Lipinski definition) is 7. The van der Waals surface area contributed by atoms with Gasteiger partial charge in [0.15, 0.2) is 0 Å². The second-order valence-electron chi connectivity index (χ2n) is 4.54. The molecule has 3 rings (SSSR count). The van der Waals surface area contributed by atoms with E-state index in [1.54, 1.807) is 16.0 Å². The Morgan fingerprint density at radius 2 is 2.10 bits per heavy atom. The van der Waals surface area contributed by atoms with E-state index in [2.05, 4.69) is 31.9 Å². The Hall–Kier alpha value is -2.19. The molecule has 104 valence electrons. The maximum absolute atomic E-state index is 5.43. The summed E-state index contributed by atoms with van der Waals surface area (Å²) in [5, 5.41) is 8.59. The van der Waals surface area contributed by atoms with Gasteiger partial charge in [0.05, 0.1) is 16.8 Å². The van der Waals surface area contributed by atoms with Gasteiger partial charge in [-0.2, -0.15) is 10.1 Å². The van der Waals surface area contributed by atoms with E-state index < -0.39 is 0 Å². The molecule has 3 aromatic heterocycles. The summed E-state index contributed by atoms with van der Waals surface area (Å²) >= 11 is 1.61. The van der Waals surface area contributed by atoms with Gasteiger partial charge in [-0.3, -0.25) is 10.1 Å². The summed E-state index contributed by atoms with van der Waals surface area (Å²) in [6.07, 6.45) is 1.91. The molecular weight excluding hydrogens is 274 g/mol. The van der Waals surface area contributed by atoms with Crippen LogP contribution in [0.4, 0.5) is 17.5 Å². The van der Waals surface area contributed by atoms with Gasteiger partial charge >= 0.3 is 0 Å². The van der Waals surface area contributed by atoms with Crippen LogP contribution < -0.4 is 16.6 Å². The van der Waals surface area contributed by atoms with Gasteiger partial charge in [-0.25, -0.2) is 10.8 Å². The molecule has 0 aliphatic heterocycles. The molecule has 0 aliphatic carbocycles. The van der Waals surface area contributed by atoms with Crippen LogP contribution in [0, 0.1) is 13.8 Å². The van der Waals surface area contributed by atoms with Crippen LogP contribution in [0.3, 0.4) is 0 Å². The summed E-state index contributed by atoms with van der Waals surface area (Å²) in [7, 11) is 1.88. The smallest absolute Gasteiger partial charge is 0.240 e. The predicted octanol–water partition coefficient (Wildman–Crippen LogP) is 2.07. The fourth-order valence-electron chi connectivity index (χ4n) is 2.05. The number of nitrogen functional groups attached to an aromatic ring is 1. The standard InChI is InChI=1S/C12H15N7S/c1-6-4-8-10(14-9-5-19(3)18-7(9)2)15-12(17-13)16-11(8)20-6/h4-5H,13H2,1-3H3,(H2,14,15,16,17). The number of nitrogens with two attached hydrogens (primary N) is 1.